The van der Waals surface area contributed by atoms with E-state index < -0.39 is 0 Å². The third-order valence-electron chi connectivity index (χ3n) is 3.01. The van der Waals surface area contributed by atoms with Crippen LogP contribution in [0.15, 0.2) is 11.0 Å². The number of hydrogen-bond acceptors (Lipinski definition) is 3. The van der Waals surface area contributed by atoms with Gasteiger partial charge in [0.2, 0.25) is 0 Å². The van der Waals surface area contributed by atoms with Gasteiger partial charge in [0.15, 0.2) is 0 Å². The molecule has 2 heterocycles. The zero-order chi connectivity index (χ0) is 10.7. The van der Waals surface area contributed by atoms with Crippen LogP contribution in [0.25, 0.3) is 0 Å². The number of aryl methyl sites for hydroxylation is 1. The number of nitrogens with zero attached hydrogens (tertiary/aromatic N) is 2. The summed E-state index contributed by atoms with van der Waals surface area (Å²) in [6, 6.07) is 0. The maximum Gasteiger partial charge on any atom is 0.345 e. The summed E-state index contributed by atoms with van der Waals surface area (Å²) in [6.07, 6.45) is 5.32. The van der Waals surface area contributed by atoms with Crippen molar-refractivity contribution in [2.75, 3.05) is 19.6 Å². The zero-order valence-corrected chi connectivity index (χ0v) is 9.12. The lowest BCUT2D eigenvalue weighted by Crippen LogP contribution is -2.23. The van der Waals surface area contributed by atoms with E-state index >= 15 is 0 Å². The molecule has 0 unspecified atom stereocenters. The fraction of sp³-hybridized carbons (Fsp3) is 0.636. The molecule has 15 heavy (non-hydrogen) atoms. The van der Waals surface area contributed by atoms with Crippen LogP contribution >= 0.6 is 0 Å². The molecular weight excluding hydrogens is 190 g/mol. The molecule has 0 radical (unpaired) electrons. The molecule has 2 rings (SSSR count). The van der Waals surface area contributed by atoms with Crippen LogP contribution in [0.5, 0.6) is 0 Å². The highest BCUT2D eigenvalue weighted by Gasteiger charge is 2.11. The molecule has 0 amide bonds. The normalized spacial score (nSPS) is 17.1. The van der Waals surface area contributed by atoms with Crippen LogP contribution in [0.2, 0.25) is 0 Å². The van der Waals surface area contributed by atoms with E-state index in [1.807, 2.05) is 6.92 Å². The van der Waals surface area contributed by atoms with Crippen LogP contribution in [-0.4, -0.2) is 34.5 Å². The lowest BCUT2D eigenvalue weighted by molar-refractivity contribution is 0.343. The fourth-order valence-corrected chi connectivity index (χ4v) is 2.04. The summed E-state index contributed by atoms with van der Waals surface area (Å²) in [5, 5.41) is 0. The molecule has 1 aromatic rings. The lowest BCUT2D eigenvalue weighted by Gasteiger charge is -2.14. The quantitative estimate of drug-likeness (QED) is 0.794. The van der Waals surface area contributed by atoms with Gasteiger partial charge in [-0.25, -0.2) is 9.78 Å². The predicted octanol–water partition coefficient (Wildman–Crippen LogP) is 0.717. The van der Waals surface area contributed by atoms with Crippen molar-refractivity contribution in [1.29, 1.82) is 0 Å². The number of nitrogens with one attached hydrogen (secondary N) is 1. The largest absolute Gasteiger partial charge is 0.345 e. The topological polar surface area (TPSA) is 49.0 Å². The van der Waals surface area contributed by atoms with Gasteiger partial charge in [-0.05, 0) is 44.8 Å². The number of hydrogen-bond donors (Lipinski definition) is 1. The zero-order valence-electron chi connectivity index (χ0n) is 9.12. The van der Waals surface area contributed by atoms with Crippen molar-refractivity contribution in [3.8, 4) is 0 Å². The highest BCUT2D eigenvalue weighted by Crippen LogP contribution is 2.09. The predicted molar refractivity (Wildman–Crippen MR) is 59.0 cm³/mol. The third-order valence-corrected chi connectivity index (χ3v) is 3.01. The Kier molecular flexibility index (Phi) is 3.16. The Balaban J connectivity index is 1.95. The van der Waals surface area contributed by atoms with Crippen molar-refractivity contribution in [3.63, 3.8) is 0 Å². The highest BCUT2D eigenvalue weighted by atomic mass is 16.1. The van der Waals surface area contributed by atoms with Gasteiger partial charge in [0.1, 0.15) is 0 Å². The average molecular weight is 207 g/mol. The lowest BCUT2D eigenvalue weighted by atomic mass is 10.2. The first-order chi connectivity index (χ1) is 7.25. The van der Waals surface area contributed by atoms with Crippen LogP contribution in [0.4, 0.5) is 0 Å². The van der Waals surface area contributed by atoms with E-state index in [4.69, 9.17) is 0 Å². The summed E-state index contributed by atoms with van der Waals surface area (Å²) in [7, 11) is 0. The molecule has 1 N–H and O–H groups in total. The van der Waals surface area contributed by atoms with Gasteiger partial charge < -0.3 is 9.88 Å². The first kappa shape index (κ1) is 10.4. The number of rotatable bonds is 3. The van der Waals surface area contributed by atoms with Crippen molar-refractivity contribution in [3.05, 3.63) is 27.9 Å². The van der Waals surface area contributed by atoms with Crippen LogP contribution in [-0.2, 0) is 6.42 Å². The van der Waals surface area contributed by atoms with E-state index in [2.05, 4.69) is 14.9 Å². The van der Waals surface area contributed by atoms with Gasteiger partial charge in [-0.2, -0.15) is 0 Å². The SMILES string of the molecule is Cc1[nH]c(=O)ncc1CCN1CCCC1. The summed E-state index contributed by atoms with van der Waals surface area (Å²) in [5.41, 5.74) is 1.85. The van der Waals surface area contributed by atoms with E-state index in [0.717, 1.165) is 24.2 Å². The van der Waals surface area contributed by atoms with E-state index in [9.17, 15) is 4.79 Å². The Hall–Kier alpha value is -1.16. The molecule has 0 aliphatic carbocycles. The van der Waals surface area contributed by atoms with Crippen molar-refractivity contribution >= 4 is 0 Å². The van der Waals surface area contributed by atoms with Crippen molar-refractivity contribution in [2.45, 2.75) is 26.2 Å². The third kappa shape index (κ3) is 2.65. The van der Waals surface area contributed by atoms with E-state index in [1.165, 1.54) is 25.9 Å². The Morgan fingerprint density at radius 1 is 1.47 bits per heavy atom. The van der Waals surface area contributed by atoms with Crippen molar-refractivity contribution in [2.24, 2.45) is 0 Å². The summed E-state index contributed by atoms with van der Waals surface area (Å²) in [6.45, 7) is 5.45. The summed E-state index contributed by atoms with van der Waals surface area (Å²) in [5.74, 6) is 0. The van der Waals surface area contributed by atoms with Gasteiger partial charge >= 0.3 is 5.69 Å². The highest BCUT2D eigenvalue weighted by molar-refractivity contribution is 5.14. The Morgan fingerprint density at radius 2 is 2.20 bits per heavy atom. The molecule has 1 fully saturated rings. The minimum Gasteiger partial charge on any atom is -0.310 e. The van der Waals surface area contributed by atoms with Gasteiger partial charge in [0.05, 0.1) is 0 Å². The number of aromatic amines is 1. The van der Waals surface area contributed by atoms with Crippen LogP contribution in [0.3, 0.4) is 0 Å². The summed E-state index contributed by atoms with van der Waals surface area (Å²) >= 11 is 0. The minimum absolute atomic E-state index is 0.252. The molecule has 0 aromatic carbocycles. The molecule has 1 aliphatic rings. The van der Waals surface area contributed by atoms with Crippen molar-refractivity contribution < 1.29 is 0 Å². The van der Waals surface area contributed by atoms with E-state index in [1.54, 1.807) is 6.20 Å². The molecule has 0 saturated carbocycles. The molecule has 0 atom stereocenters. The standard InChI is InChI=1S/C11H17N3O/c1-9-10(8-12-11(15)13-9)4-7-14-5-2-3-6-14/h8H,2-7H2,1H3,(H,12,13,15). The second kappa shape index (κ2) is 4.57. The van der Waals surface area contributed by atoms with Crippen LogP contribution in [0, 0.1) is 6.92 Å². The maximum atomic E-state index is 10.9. The number of likely N-dealkylation sites (tertiary alicyclic amines) is 1. The molecule has 4 heteroatoms. The molecule has 82 valence electrons. The molecule has 1 aliphatic heterocycles. The second-order valence-corrected chi connectivity index (χ2v) is 4.14. The Morgan fingerprint density at radius 3 is 2.87 bits per heavy atom. The molecule has 0 bridgehead atoms. The van der Waals surface area contributed by atoms with E-state index in [0.29, 0.717) is 0 Å². The van der Waals surface area contributed by atoms with Gasteiger partial charge in [0, 0.05) is 18.4 Å². The average Bonchev–Trinajstić information content (AvgIpc) is 2.69. The maximum absolute atomic E-state index is 10.9. The van der Waals surface area contributed by atoms with Gasteiger partial charge in [-0.1, -0.05) is 0 Å². The first-order valence-corrected chi connectivity index (χ1v) is 5.53. The fourth-order valence-electron chi connectivity index (χ4n) is 2.04. The van der Waals surface area contributed by atoms with Gasteiger partial charge in [-0.3, -0.25) is 0 Å². The second-order valence-electron chi connectivity index (χ2n) is 4.14. The smallest absolute Gasteiger partial charge is 0.310 e. The number of H-pyrrole nitrogens is 1. The molecule has 1 saturated heterocycles. The summed E-state index contributed by atoms with van der Waals surface area (Å²) < 4.78 is 0. The van der Waals surface area contributed by atoms with Gasteiger partial charge in [-0.15, -0.1) is 0 Å². The summed E-state index contributed by atoms with van der Waals surface area (Å²) in [4.78, 5) is 19.9. The molecule has 4 nitrogen and oxygen atoms in total. The monoisotopic (exact) mass is 207 g/mol. The Labute approximate surface area is 89.3 Å². The molecular formula is C11H17N3O. The van der Waals surface area contributed by atoms with E-state index in [-0.39, 0.29) is 5.69 Å². The molecule has 0 spiro atoms. The first-order valence-electron chi connectivity index (χ1n) is 5.53. The number of aromatic nitrogens is 2. The van der Waals surface area contributed by atoms with Crippen LogP contribution < -0.4 is 5.69 Å². The minimum atomic E-state index is -0.252. The van der Waals surface area contributed by atoms with Crippen LogP contribution in [0.1, 0.15) is 24.1 Å². The molecule has 1 aromatic heterocycles. The van der Waals surface area contributed by atoms with Crippen molar-refractivity contribution in [1.82, 2.24) is 14.9 Å². The van der Waals surface area contributed by atoms with Gasteiger partial charge in [0.25, 0.3) is 0 Å². The Bertz CT molecular complexity index is 380.